The zero-order chi connectivity index (χ0) is 18.0. The Balaban J connectivity index is 3.41. The molecule has 4 heteroatoms. The number of carbonyl (C=O) groups excluding carboxylic acids is 2. The standard InChI is InChI=1S/C20H38O4/c1-4-7-17-23-19(21)15-12-10-8-9-11-13-16-20(22)24-18(6-3)14-5-2/h18H,4-17H2,1-3H3. The van der Waals surface area contributed by atoms with Crippen LogP contribution in [0.4, 0.5) is 0 Å². The van der Waals surface area contributed by atoms with Crippen LogP contribution in [0, 0.1) is 0 Å². The molecule has 0 aromatic rings. The first-order valence-electron chi connectivity index (χ1n) is 9.99. The monoisotopic (exact) mass is 342 g/mol. The van der Waals surface area contributed by atoms with Crippen molar-refractivity contribution < 1.29 is 19.1 Å². The van der Waals surface area contributed by atoms with Crippen LogP contribution < -0.4 is 0 Å². The lowest BCUT2D eigenvalue weighted by molar-refractivity contribution is -0.149. The molecule has 0 fully saturated rings. The molecule has 4 nitrogen and oxygen atoms in total. The third-order valence-electron chi connectivity index (χ3n) is 4.14. The summed E-state index contributed by atoms with van der Waals surface area (Å²) < 4.78 is 10.6. The van der Waals surface area contributed by atoms with Crippen molar-refractivity contribution in [1.82, 2.24) is 0 Å². The van der Waals surface area contributed by atoms with E-state index in [0.717, 1.165) is 70.6 Å². The third-order valence-corrected chi connectivity index (χ3v) is 4.14. The lowest BCUT2D eigenvalue weighted by Gasteiger charge is -2.15. The molecule has 142 valence electrons. The Morgan fingerprint density at radius 1 is 0.750 bits per heavy atom. The van der Waals surface area contributed by atoms with Crippen molar-refractivity contribution >= 4 is 11.9 Å². The topological polar surface area (TPSA) is 52.6 Å². The van der Waals surface area contributed by atoms with Crippen LogP contribution in [0.1, 0.15) is 104 Å². The predicted octanol–water partition coefficient (Wildman–Crippen LogP) is 5.57. The Labute approximate surface area is 148 Å². The van der Waals surface area contributed by atoms with Crippen molar-refractivity contribution in [3.8, 4) is 0 Å². The van der Waals surface area contributed by atoms with Crippen molar-refractivity contribution in [1.29, 1.82) is 0 Å². The molecular weight excluding hydrogens is 304 g/mol. The van der Waals surface area contributed by atoms with E-state index in [9.17, 15) is 9.59 Å². The molecule has 0 aliphatic heterocycles. The van der Waals surface area contributed by atoms with Gasteiger partial charge in [0.05, 0.1) is 6.61 Å². The quantitative estimate of drug-likeness (QED) is 0.272. The fourth-order valence-electron chi connectivity index (χ4n) is 2.56. The Kier molecular flexibility index (Phi) is 16.0. The highest BCUT2D eigenvalue weighted by molar-refractivity contribution is 5.69. The number of carbonyl (C=O) groups is 2. The number of ether oxygens (including phenoxy) is 2. The van der Waals surface area contributed by atoms with Gasteiger partial charge < -0.3 is 9.47 Å². The van der Waals surface area contributed by atoms with Crippen molar-refractivity contribution in [2.24, 2.45) is 0 Å². The Morgan fingerprint density at radius 3 is 1.88 bits per heavy atom. The average molecular weight is 343 g/mol. The van der Waals surface area contributed by atoms with Crippen LogP contribution in [-0.2, 0) is 19.1 Å². The second-order valence-electron chi connectivity index (χ2n) is 6.50. The first kappa shape index (κ1) is 22.9. The third kappa shape index (κ3) is 14.5. The second kappa shape index (κ2) is 16.8. The minimum absolute atomic E-state index is 0.0508. The Hall–Kier alpha value is -1.06. The van der Waals surface area contributed by atoms with Crippen LogP contribution in [0.5, 0.6) is 0 Å². The number of hydrogen-bond acceptors (Lipinski definition) is 4. The van der Waals surface area contributed by atoms with E-state index in [1.165, 1.54) is 0 Å². The minimum atomic E-state index is -0.0660. The zero-order valence-corrected chi connectivity index (χ0v) is 16.1. The van der Waals surface area contributed by atoms with E-state index in [0.29, 0.717) is 19.4 Å². The molecule has 0 aromatic carbocycles. The van der Waals surface area contributed by atoms with Crippen LogP contribution in [-0.4, -0.2) is 24.6 Å². The summed E-state index contributed by atoms with van der Waals surface area (Å²) in [6.45, 7) is 6.82. The van der Waals surface area contributed by atoms with Gasteiger partial charge in [0.1, 0.15) is 6.10 Å². The van der Waals surface area contributed by atoms with E-state index < -0.39 is 0 Å². The van der Waals surface area contributed by atoms with Gasteiger partial charge in [0, 0.05) is 12.8 Å². The number of esters is 2. The van der Waals surface area contributed by atoms with Crippen molar-refractivity contribution in [2.75, 3.05) is 6.61 Å². The average Bonchev–Trinajstić information content (AvgIpc) is 2.57. The summed E-state index contributed by atoms with van der Waals surface area (Å²) in [5.41, 5.74) is 0. The molecule has 0 saturated carbocycles. The smallest absolute Gasteiger partial charge is 0.306 e. The molecule has 0 amide bonds. The number of hydrogen-bond donors (Lipinski definition) is 0. The van der Waals surface area contributed by atoms with Crippen LogP contribution in [0.25, 0.3) is 0 Å². The summed E-state index contributed by atoms with van der Waals surface area (Å²) in [6.07, 6.45) is 12.2. The maximum absolute atomic E-state index is 11.7. The first-order chi connectivity index (χ1) is 11.6. The van der Waals surface area contributed by atoms with Crippen molar-refractivity contribution in [2.45, 2.75) is 110 Å². The van der Waals surface area contributed by atoms with E-state index in [1.807, 2.05) is 0 Å². The van der Waals surface area contributed by atoms with Gasteiger partial charge in [-0.2, -0.15) is 0 Å². The summed E-state index contributed by atoms with van der Waals surface area (Å²) in [6, 6.07) is 0. The Bertz CT molecular complexity index is 315. The molecular formula is C20H38O4. The number of rotatable bonds is 16. The van der Waals surface area contributed by atoms with Crippen LogP contribution in [0.3, 0.4) is 0 Å². The second-order valence-corrected chi connectivity index (χ2v) is 6.50. The first-order valence-corrected chi connectivity index (χ1v) is 9.99. The van der Waals surface area contributed by atoms with Gasteiger partial charge in [0.25, 0.3) is 0 Å². The van der Waals surface area contributed by atoms with E-state index >= 15 is 0 Å². The summed E-state index contributed by atoms with van der Waals surface area (Å²) in [5.74, 6) is -0.117. The van der Waals surface area contributed by atoms with Gasteiger partial charge in [-0.25, -0.2) is 0 Å². The summed E-state index contributed by atoms with van der Waals surface area (Å²) >= 11 is 0. The van der Waals surface area contributed by atoms with Gasteiger partial charge in [-0.1, -0.05) is 59.3 Å². The lowest BCUT2D eigenvalue weighted by Crippen LogP contribution is -2.16. The number of unbranched alkanes of at least 4 members (excludes halogenated alkanes) is 6. The van der Waals surface area contributed by atoms with E-state index in [4.69, 9.17) is 9.47 Å². The molecule has 0 saturated heterocycles. The molecule has 0 rings (SSSR count). The molecule has 1 atom stereocenters. The summed E-state index contributed by atoms with van der Waals surface area (Å²) in [7, 11) is 0. The molecule has 0 aliphatic carbocycles. The normalized spacial score (nSPS) is 12.0. The fraction of sp³-hybridized carbons (Fsp3) is 0.900. The predicted molar refractivity (Wildman–Crippen MR) is 97.9 cm³/mol. The van der Waals surface area contributed by atoms with Gasteiger partial charge in [0.15, 0.2) is 0 Å². The molecule has 24 heavy (non-hydrogen) atoms. The minimum Gasteiger partial charge on any atom is -0.466 e. The lowest BCUT2D eigenvalue weighted by atomic mass is 10.1. The van der Waals surface area contributed by atoms with Gasteiger partial charge in [-0.05, 0) is 32.1 Å². The van der Waals surface area contributed by atoms with Gasteiger partial charge in [0.2, 0.25) is 0 Å². The molecule has 0 aliphatic rings. The molecule has 0 heterocycles. The van der Waals surface area contributed by atoms with Crippen molar-refractivity contribution in [3.63, 3.8) is 0 Å². The molecule has 0 N–H and O–H groups in total. The maximum atomic E-state index is 11.7. The van der Waals surface area contributed by atoms with E-state index in [2.05, 4.69) is 20.8 Å². The molecule has 0 radical (unpaired) electrons. The van der Waals surface area contributed by atoms with Gasteiger partial charge >= 0.3 is 11.9 Å². The van der Waals surface area contributed by atoms with Crippen LogP contribution >= 0.6 is 0 Å². The highest BCUT2D eigenvalue weighted by Crippen LogP contribution is 2.12. The maximum Gasteiger partial charge on any atom is 0.306 e. The zero-order valence-electron chi connectivity index (χ0n) is 16.1. The Morgan fingerprint density at radius 2 is 1.33 bits per heavy atom. The SMILES string of the molecule is CCCCOC(=O)CCCCCCCCC(=O)OC(CC)CCC. The van der Waals surface area contributed by atoms with Crippen LogP contribution in [0.2, 0.25) is 0 Å². The molecule has 1 unspecified atom stereocenters. The summed E-state index contributed by atoms with van der Waals surface area (Å²) in [4.78, 5) is 23.1. The highest BCUT2D eigenvalue weighted by Gasteiger charge is 2.11. The molecule has 0 spiro atoms. The molecule has 0 aromatic heterocycles. The van der Waals surface area contributed by atoms with Crippen LogP contribution in [0.15, 0.2) is 0 Å². The van der Waals surface area contributed by atoms with Gasteiger partial charge in [-0.15, -0.1) is 0 Å². The highest BCUT2D eigenvalue weighted by atomic mass is 16.5. The van der Waals surface area contributed by atoms with E-state index in [1.54, 1.807) is 0 Å². The summed E-state index contributed by atoms with van der Waals surface area (Å²) in [5, 5.41) is 0. The molecule has 0 bridgehead atoms. The fourth-order valence-corrected chi connectivity index (χ4v) is 2.56. The largest absolute Gasteiger partial charge is 0.466 e. The van der Waals surface area contributed by atoms with E-state index in [-0.39, 0.29) is 18.0 Å². The van der Waals surface area contributed by atoms with Crippen molar-refractivity contribution in [3.05, 3.63) is 0 Å². The van der Waals surface area contributed by atoms with Gasteiger partial charge in [-0.3, -0.25) is 9.59 Å².